The van der Waals surface area contributed by atoms with Gasteiger partial charge in [0.2, 0.25) is 0 Å². The van der Waals surface area contributed by atoms with Gasteiger partial charge < -0.3 is 0 Å². The van der Waals surface area contributed by atoms with E-state index in [9.17, 15) is 0 Å². The van der Waals surface area contributed by atoms with Crippen molar-refractivity contribution >= 4 is 11.8 Å². The maximum atomic E-state index is 8.30. The Kier molecular flexibility index (Phi) is 3.76. The highest BCUT2D eigenvalue weighted by molar-refractivity contribution is 7.99. The molecule has 0 heterocycles. The molecule has 0 aromatic heterocycles. The fourth-order valence-electron chi connectivity index (χ4n) is 1.62. The molecule has 1 aliphatic carbocycles. The molecule has 0 aromatic carbocycles. The van der Waals surface area contributed by atoms with Crippen LogP contribution in [-0.4, -0.2) is 23.6 Å². The van der Waals surface area contributed by atoms with E-state index in [1.54, 1.807) is 11.8 Å². The van der Waals surface area contributed by atoms with Gasteiger partial charge >= 0.3 is 0 Å². The van der Waals surface area contributed by atoms with Crippen LogP contribution in [-0.2, 0) is 0 Å². The summed E-state index contributed by atoms with van der Waals surface area (Å²) in [7, 11) is 0. The molecule has 1 fully saturated rings. The lowest BCUT2D eigenvalue weighted by atomic mass is 10.2. The molecule has 1 rings (SSSR count). The van der Waals surface area contributed by atoms with Crippen LogP contribution in [0.4, 0.5) is 0 Å². The number of nitrogens with zero attached hydrogens (tertiary/aromatic N) is 6. The van der Waals surface area contributed by atoms with E-state index in [1.165, 1.54) is 0 Å². The minimum Gasteiger partial charge on any atom is -0.161 e. The van der Waals surface area contributed by atoms with E-state index in [2.05, 4.69) is 20.1 Å². The minimum absolute atomic E-state index is 0.0181. The molecule has 0 N–H and O–H groups in total. The van der Waals surface area contributed by atoms with Gasteiger partial charge in [0.15, 0.2) is 0 Å². The predicted octanol–water partition coefficient (Wildman–Crippen LogP) is 2.87. The summed E-state index contributed by atoms with van der Waals surface area (Å²) in [5.74, 6) is 0. The Morgan fingerprint density at radius 2 is 1.62 bits per heavy atom. The minimum atomic E-state index is -0.0181. The first kappa shape index (κ1) is 10.1. The van der Waals surface area contributed by atoms with Gasteiger partial charge in [0, 0.05) is 27.2 Å². The van der Waals surface area contributed by atoms with E-state index >= 15 is 0 Å². The first-order valence-electron chi connectivity index (χ1n) is 3.94. The first-order chi connectivity index (χ1) is 6.33. The Hall–Kier alpha value is -1.03. The normalized spacial score (nSPS) is 31.9. The molecular formula is C6H10N6S. The van der Waals surface area contributed by atoms with Gasteiger partial charge in [0.1, 0.15) is 0 Å². The molecule has 0 spiro atoms. The largest absolute Gasteiger partial charge is 0.161 e. The Morgan fingerprint density at radius 3 is 1.92 bits per heavy atom. The molecule has 6 nitrogen and oxygen atoms in total. The van der Waals surface area contributed by atoms with Gasteiger partial charge in [-0.2, -0.15) is 11.8 Å². The molecule has 1 unspecified atom stereocenters. The first-order valence-corrected chi connectivity index (χ1v) is 5.23. The van der Waals surface area contributed by atoms with Crippen LogP contribution in [0, 0.1) is 0 Å². The number of hydrogen-bond acceptors (Lipinski definition) is 3. The van der Waals surface area contributed by atoms with Crippen LogP contribution in [0.1, 0.15) is 12.8 Å². The quantitative estimate of drug-likeness (QED) is 0.389. The molecular weight excluding hydrogens is 188 g/mol. The van der Waals surface area contributed by atoms with Crippen molar-refractivity contribution < 1.29 is 0 Å². The van der Waals surface area contributed by atoms with E-state index in [1.807, 2.05) is 6.26 Å². The second kappa shape index (κ2) is 4.87. The van der Waals surface area contributed by atoms with Crippen molar-refractivity contribution in [3.8, 4) is 0 Å². The highest BCUT2D eigenvalue weighted by Gasteiger charge is 2.34. The third kappa shape index (κ3) is 2.21. The SMILES string of the molecule is CSC1[C@@H](N=[N+]=[N-])CC[C@H]1N=[N+]=[N-]. The Labute approximate surface area is 79.9 Å². The second-order valence-corrected chi connectivity index (χ2v) is 3.84. The molecule has 70 valence electrons. The van der Waals surface area contributed by atoms with Crippen LogP contribution in [0.3, 0.4) is 0 Å². The average Bonchev–Trinajstić information content (AvgIpc) is 2.49. The van der Waals surface area contributed by atoms with Crippen LogP contribution < -0.4 is 0 Å². The highest BCUT2D eigenvalue weighted by Crippen LogP contribution is 2.33. The lowest BCUT2D eigenvalue weighted by molar-refractivity contribution is 0.679. The van der Waals surface area contributed by atoms with Gasteiger partial charge in [0.25, 0.3) is 0 Å². The predicted molar refractivity (Wildman–Crippen MR) is 52.4 cm³/mol. The van der Waals surface area contributed by atoms with Gasteiger partial charge in [-0.3, -0.25) is 0 Å². The van der Waals surface area contributed by atoms with Gasteiger partial charge in [-0.05, 0) is 30.2 Å². The van der Waals surface area contributed by atoms with Crippen LogP contribution in [0.5, 0.6) is 0 Å². The summed E-state index contributed by atoms with van der Waals surface area (Å²) in [5.41, 5.74) is 16.6. The zero-order valence-corrected chi connectivity index (χ0v) is 8.05. The summed E-state index contributed by atoms with van der Waals surface area (Å²) in [6, 6.07) is -0.0361. The number of azide groups is 2. The molecule has 0 aliphatic heterocycles. The Morgan fingerprint density at radius 1 is 1.15 bits per heavy atom. The summed E-state index contributed by atoms with van der Waals surface area (Å²) in [6.07, 6.45) is 3.58. The Balaban J connectivity index is 2.73. The summed E-state index contributed by atoms with van der Waals surface area (Å²) in [6.45, 7) is 0. The third-order valence-corrected chi connectivity index (χ3v) is 3.36. The average molecular weight is 198 g/mol. The number of thioether (sulfide) groups is 1. The summed E-state index contributed by atoms with van der Waals surface area (Å²) in [4.78, 5) is 5.57. The molecule has 0 amide bonds. The third-order valence-electron chi connectivity index (χ3n) is 2.19. The molecule has 0 bridgehead atoms. The highest BCUT2D eigenvalue weighted by atomic mass is 32.2. The molecule has 0 aromatic rings. The molecule has 0 saturated heterocycles. The van der Waals surface area contributed by atoms with E-state index in [4.69, 9.17) is 11.1 Å². The molecule has 3 atom stereocenters. The van der Waals surface area contributed by atoms with Crippen LogP contribution in [0.2, 0.25) is 0 Å². The van der Waals surface area contributed by atoms with Gasteiger partial charge in [-0.25, -0.2) is 0 Å². The van der Waals surface area contributed by atoms with Crippen molar-refractivity contribution in [2.45, 2.75) is 30.2 Å². The van der Waals surface area contributed by atoms with E-state index < -0.39 is 0 Å². The van der Waals surface area contributed by atoms with Gasteiger partial charge in [-0.15, -0.1) is 0 Å². The monoisotopic (exact) mass is 198 g/mol. The summed E-state index contributed by atoms with van der Waals surface area (Å²) < 4.78 is 0. The lowest BCUT2D eigenvalue weighted by Gasteiger charge is -2.15. The fourth-order valence-corrected chi connectivity index (χ4v) is 2.63. The zero-order chi connectivity index (χ0) is 9.68. The topological polar surface area (TPSA) is 97.5 Å². The van der Waals surface area contributed by atoms with Crippen molar-refractivity contribution in [1.29, 1.82) is 0 Å². The van der Waals surface area contributed by atoms with Gasteiger partial charge in [0.05, 0.1) is 0 Å². The molecule has 0 radical (unpaired) electrons. The standard InChI is InChI=1S/C6H10N6S/c1-13-6-4(9-11-7)2-3-5(6)10-12-8/h4-6H,2-3H2,1H3/t4-,5+,6?. The number of rotatable bonds is 3. The van der Waals surface area contributed by atoms with Crippen molar-refractivity contribution in [3.05, 3.63) is 20.9 Å². The van der Waals surface area contributed by atoms with E-state index in [-0.39, 0.29) is 17.3 Å². The fraction of sp³-hybridized carbons (Fsp3) is 1.00. The summed E-state index contributed by atoms with van der Waals surface area (Å²) >= 11 is 1.60. The zero-order valence-electron chi connectivity index (χ0n) is 7.24. The molecule has 13 heavy (non-hydrogen) atoms. The molecule has 1 saturated carbocycles. The van der Waals surface area contributed by atoms with Crippen LogP contribution in [0.25, 0.3) is 20.9 Å². The number of hydrogen-bond donors (Lipinski definition) is 0. The van der Waals surface area contributed by atoms with Crippen molar-refractivity contribution in [2.24, 2.45) is 10.2 Å². The van der Waals surface area contributed by atoms with Crippen LogP contribution in [0.15, 0.2) is 10.2 Å². The van der Waals surface area contributed by atoms with Crippen molar-refractivity contribution in [1.82, 2.24) is 0 Å². The van der Waals surface area contributed by atoms with Crippen molar-refractivity contribution in [3.63, 3.8) is 0 Å². The van der Waals surface area contributed by atoms with Crippen LogP contribution >= 0.6 is 11.8 Å². The smallest absolute Gasteiger partial charge is 0.0496 e. The second-order valence-electron chi connectivity index (χ2n) is 2.82. The Bertz CT molecular complexity index is 240. The van der Waals surface area contributed by atoms with E-state index in [0.717, 1.165) is 12.8 Å². The summed E-state index contributed by atoms with van der Waals surface area (Å²) in [5, 5.41) is 7.51. The van der Waals surface area contributed by atoms with E-state index in [0.29, 0.717) is 0 Å². The maximum Gasteiger partial charge on any atom is 0.0496 e. The maximum absolute atomic E-state index is 8.30. The van der Waals surface area contributed by atoms with Gasteiger partial charge in [-0.1, -0.05) is 10.2 Å². The molecule has 7 heteroatoms. The lowest BCUT2D eigenvalue weighted by Crippen LogP contribution is -2.22. The molecule has 1 aliphatic rings. The van der Waals surface area contributed by atoms with Crippen molar-refractivity contribution in [2.75, 3.05) is 6.26 Å².